The number of esters is 1. The fourth-order valence-corrected chi connectivity index (χ4v) is 4.92. The van der Waals surface area contributed by atoms with Crippen molar-refractivity contribution in [3.8, 4) is 0 Å². The van der Waals surface area contributed by atoms with Gasteiger partial charge in [-0.1, -0.05) is 12.1 Å². The van der Waals surface area contributed by atoms with Crippen LogP contribution in [0.2, 0.25) is 0 Å². The van der Waals surface area contributed by atoms with Crippen molar-refractivity contribution < 1.29 is 36.3 Å². The highest BCUT2D eigenvalue weighted by Crippen LogP contribution is 2.33. The first kappa shape index (κ1) is 21.9. The SMILES string of the molecule is COC(=O)C(=O)CC(=O)c1oc(C2CCS(=O)(=O)CC2)cc1Cc1ccc(F)cc1. The van der Waals surface area contributed by atoms with E-state index in [1.165, 1.54) is 12.1 Å². The standard InChI is InChI=1S/C21H21FO7S/c1-28-21(25)18(24)12-17(23)20-15(10-13-2-4-16(22)5-3-13)11-19(29-20)14-6-8-30(26,27)9-7-14/h2-5,11,14H,6-10,12H2,1H3. The molecular formula is C21H21FO7S. The van der Waals surface area contributed by atoms with Crippen LogP contribution in [-0.4, -0.2) is 44.6 Å². The Hall–Kier alpha value is -2.81. The van der Waals surface area contributed by atoms with Crippen LogP contribution in [0.4, 0.5) is 4.39 Å². The average Bonchev–Trinajstić information content (AvgIpc) is 3.12. The van der Waals surface area contributed by atoms with Crippen molar-refractivity contribution in [2.75, 3.05) is 18.6 Å². The summed E-state index contributed by atoms with van der Waals surface area (Å²) in [6, 6.07) is 7.42. The fourth-order valence-electron chi connectivity index (χ4n) is 3.43. The third-order valence-electron chi connectivity index (χ3n) is 5.08. The van der Waals surface area contributed by atoms with Crippen molar-refractivity contribution in [1.29, 1.82) is 0 Å². The molecule has 1 saturated heterocycles. The summed E-state index contributed by atoms with van der Waals surface area (Å²) >= 11 is 0. The summed E-state index contributed by atoms with van der Waals surface area (Å²) in [6.07, 6.45) is 0.304. The number of halogens is 1. The van der Waals surface area contributed by atoms with E-state index >= 15 is 0 Å². The van der Waals surface area contributed by atoms with Crippen molar-refractivity contribution in [1.82, 2.24) is 0 Å². The molecule has 1 aliphatic rings. The lowest BCUT2D eigenvalue weighted by atomic mass is 9.97. The van der Waals surface area contributed by atoms with Gasteiger partial charge in [-0.15, -0.1) is 0 Å². The molecule has 0 saturated carbocycles. The number of rotatable bonds is 7. The molecule has 2 heterocycles. The first-order valence-electron chi connectivity index (χ1n) is 9.40. The van der Waals surface area contributed by atoms with E-state index < -0.39 is 39.6 Å². The zero-order valence-corrected chi connectivity index (χ0v) is 17.2. The number of methoxy groups -OCH3 is 1. The van der Waals surface area contributed by atoms with Gasteiger partial charge in [0.25, 0.3) is 0 Å². The van der Waals surface area contributed by atoms with Gasteiger partial charge in [0.15, 0.2) is 5.76 Å². The molecule has 30 heavy (non-hydrogen) atoms. The number of ether oxygens (including phenoxy) is 1. The number of Topliss-reactive ketones (excluding diaryl/α,β-unsaturated/α-hetero) is 2. The van der Waals surface area contributed by atoms with Gasteiger partial charge in [-0.25, -0.2) is 17.6 Å². The molecule has 0 atom stereocenters. The highest BCUT2D eigenvalue weighted by Gasteiger charge is 2.30. The summed E-state index contributed by atoms with van der Waals surface area (Å²) in [7, 11) is -2.02. The van der Waals surface area contributed by atoms with Crippen LogP contribution in [0.25, 0.3) is 0 Å². The number of hydrogen-bond acceptors (Lipinski definition) is 7. The maximum absolute atomic E-state index is 13.2. The van der Waals surface area contributed by atoms with Crippen molar-refractivity contribution in [3.05, 3.63) is 58.8 Å². The lowest BCUT2D eigenvalue weighted by Crippen LogP contribution is -2.21. The van der Waals surface area contributed by atoms with Crippen LogP contribution < -0.4 is 0 Å². The molecule has 0 spiro atoms. The molecule has 0 aliphatic carbocycles. The summed E-state index contributed by atoms with van der Waals surface area (Å²) in [5, 5.41) is 0. The quantitative estimate of drug-likeness (QED) is 0.284. The highest BCUT2D eigenvalue weighted by molar-refractivity contribution is 7.91. The van der Waals surface area contributed by atoms with Crippen LogP contribution in [0.3, 0.4) is 0 Å². The Morgan fingerprint density at radius 2 is 1.77 bits per heavy atom. The third-order valence-corrected chi connectivity index (χ3v) is 6.80. The van der Waals surface area contributed by atoms with Gasteiger partial charge in [-0.3, -0.25) is 9.59 Å². The maximum Gasteiger partial charge on any atom is 0.374 e. The summed E-state index contributed by atoms with van der Waals surface area (Å²) < 4.78 is 46.7. The molecule has 1 fully saturated rings. The first-order chi connectivity index (χ1) is 14.2. The van der Waals surface area contributed by atoms with Gasteiger partial charge < -0.3 is 9.15 Å². The predicted molar refractivity (Wildman–Crippen MR) is 105 cm³/mol. The molecule has 0 N–H and O–H groups in total. The number of hydrogen-bond donors (Lipinski definition) is 0. The minimum Gasteiger partial charge on any atom is -0.463 e. The molecule has 160 valence electrons. The van der Waals surface area contributed by atoms with Gasteiger partial charge >= 0.3 is 5.97 Å². The molecule has 0 radical (unpaired) electrons. The zero-order chi connectivity index (χ0) is 21.9. The number of sulfone groups is 1. The van der Waals surface area contributed by atoms with Crippen molar-refractivity contribution in [2.24, 2.45) is 0 Å². The van der Waals surface area contributed by atoms with Crippen LogP contribution in [0.5, 0.6) is 0 Å². The van der Waals surface area contributed by atoms with E-state index in [-0.39, 0.29) is 29.6 Å². The Bertz CT molecular complexity index is 1050. The average molecular weight is 436 g/mol. The zero-order valence-electron chi connectivity index (χ0n) is 16.4. The Balaban J connectivity index is 1.88. The largest absolute Gasteiger partial charge is 0.463 e. The first-order valence-corrected chi connectivity index (χ1v) is 11.2. The second kappa shape index (κ2) is 8.91. The lowest BCUT2D eigenvalue weighted by molar-refractivity contribution is -0.151. The Labute approximate surface area is 173 Å². The van der Waals surface area contributed by atoms with E-state index in [0.717, 1.165) is 12.7 Å². The van der Waals surface area contributed by atoms with Gasteiger partial charge in [-0.2, -0.15) is 0 Å². The van der Waals surface area contributed by atoms with Gasteiger partial charge in [0, 0.05) is 17.9 Å². The smallest absolute Gasteiger partial charge is 0.374 e. The number of carbonyl (C=O) groups excluding carboxylic acids is 3. The van der Waals surface area contributed by atoms with Crippen LogP contribution in [0, 0.1) is 5.82 Å². The molecule has 0 bridgehead atoms. The Kier molecular flexibility index (Phi) is 6.50. The molecule has 1 aliphatic heterocycles. The lowest BCUT2D eigenvalue weighted by Gasteiger charge is -2.19. The number of furan rings is 1. The minimum absolute atomic E-state index is 0.0375. The number of ketones is 2. The summed E-state index contributed by atoms with van der Waals surface area (Å²) in [5.74, 6) is -2.85. The van der Waals surface area contributed by atoms with Crippen molar-refractivity contribution >= 4 is 27.4 Å². The summed E-state index contributed by atoms with van der Waals surface area (Å²) in [5.41, 5.74) is 1.22. The Morgan fingerprint density at radius 3 is 2.37 bits per heavy atom. The monoisotopic (exact) mass is 436 g/mol. The van der Waals surface area contributed by atoms with Gasteiger partial charge in [0.2, 0.25) is 11.6 Å². The number of benzene rings is 1. The molecule has 1 aromatic heterocycles. The molecule has 0 amide bonds. The van der Waals surface area contributed by atoms with Gasteiger partial charge in [0.05, 0.1) is 25.0 Å². The van der Waals surface area contributed by atoms with E-state index in [9.17, 15) is 27.2 Å². The second-order valence-electron chi connectivity index (χ2n) is 7.25. The van der Waals surface area contributed by atoms with Crippen LogP contribution >= 0.6 is 0 Å². The summed E-state index contributed by atoms with van der Waals surface area (Å²) in [4.78, 5) is 35.8. The van der Waals surface area contributed by atoms with Crippen LogP contribution in [-0.2, 0) is 30.6 Å². The van der Waals surface area contributed by atoms with E-state index in [2.05, 4.69) is 4.74 Å². The van der Waals surface area contributed by atoms with Crippen molar-refractivity contribution in [3.63, 3.8) is 0 Å². The Morgan fingerprint density at radius 1 is 1.13 bits per heavy atom. The molecular weight excluding hydrogens is 415 g/mol. The van der Waals surface area contributed by atoms with Crippen LogP contribution in [0.1, 0.15) is 52.6 Å². The molecule has 2 aromatic rings. The van der Waals surface area contributed by atoms with E-state index in [1.54, 1.807) is 18.2 Å². The van der Waals surface area contributed by atoms with Gasteiger partial charge in [-0.05, 0) is 36.6 Å². The summed E-state index contributed by atoms with van der Waals surface area (Å²) in [6.45, 7) is 0. The van der Waals surface area contributed by atoms with E-state index in [0.29, 0.717) is 24.2 Å². The minimum atomic E-state index is -3.06. The number of carbonyl (C=O) groups is 3. The molecule has 7 nitrogen and oxygen atoms in total. The van der Waals surface area contributed by atoms with E-state index in [4.69, 9.17) is 4.42 Å². The van der Waals surface area contributed by atoms with Crippen LogP contribution in [0.15, 0.2) is 34.7 Å². The molecule has 3 rings (SSSR count). The third kappa shape index (κ3) is 5.21. The molecule has 9 heteroatoms. The second-order valence-corrected chi connectivity index (χ2v) is 9.55. The fraction of sp³-hybridized carbons (Fsp3) is 0.381. The molecule has 1 aromatic carbocycles. The van der Waals surface area contributed by atoms with Gasteiger partial charge in [0.1, 0.15) is 21.4 Å². The molecule has 0 unspecified atom stereocenters. The topological polar surface area (TPSA) is 108 Å². The normalized spacial score (nSPS) is 16.2. The van der Waals surface area contributed by atoms with Crippen molar-refractivity contribution in [2.45, 2.75) is 31.6 Å². The highest BCUT2D eigenvalue weighted by atomic mass is 32.2. The maximum atomic E-state index is 13.2. The van der Waals surface area contributed by atoms with E-state index in [1.807, 2.05) is 0 Å². The predicted octanol–water partition coefficient (Wildman–Crippen LogP) is 2.62.